The molecule has 0 unspecified atom stereocenters. The molecule has 6 heteroatoms. The Hall–Kier alpha value is -16.5. The highest BCUT2D eigenvalue weighted by molar-refractivity contribution is 6.37. The second-order valence-electron chi connectivity index (χ2n) is 32.6. The second-order valence-corrected chi connectivity index (χ2v) is 32.6. The summed E-state index contributed by atoms with van der Waals surface area (Å²) >= 11 is 0. The van der Waals surface area contributed by atoms with Crippen molar-refractivity contribution < 1.29 is 0 Å². The molecule has 0 aliphatic heterocycles. The number of nitrogens with zero attached hydrogens (tertiary/aromatic N) is 6. The van der Waals surface area contributed by atoms with E-state index in [4.69, 9.17) is 0 Å². The van der Waals surface area contributed by atoms with Gasteiger partial charge in [-0.2, -0.15) is 0 Å². The normalized spacial score (nSPS) is 11.9. The van der Waals surface area contributed by atoms with Crippen LogP contribution in [0.1, 0.15) is 0 Å². The SMILES string of the molecule is c1ccc(-c2c(-c3ccccc3)n(-c3ccc4ccccc4c3)c3c2cc2ccc4c5c(ccc3c25)cc2c(-c3ccccc3)c(-c3ccccc3)n(-c3ccc5ccccc5c3)c24)cc1.c1ccc(-c2c(-c3ccccc3)n(-c3cccnc3)c3c2cc2ccc4c5c(ccc3c25)cc2c(-c3ccccc3)c(-c3ccccc3)n(-c3cccnc3)c24)cc1. The van der Waals surface area contributed by atoms with E-state index in [0.717, 1.165) is 45.3 Å². The fraction of sp³-hybridized carbons (Fsp3) is 0. The Labute approximate surface area is 714 Å². The molecule has 0 saturated heterocycles. The Morgan fingerprint density at radius 2 is 0.379 bits per heavy atom. The summed E-state index contributed by atoms with van der Waals surface area (Å²) in [4.78, 5) is 9.30. The summed E-state index contributed by atoms with van der Waals surface area (Å²) < 4.78 is 10.0. The standard InChI is InChI=1S/C64H40N2.C54H34N4/c1-5-19-43(20-6-1)59-55-39-49-31-36-54-58-50(32-35-53(57(49)58)63(55)65(61(59)45-23-9-3-10-24-45)51-33-29-41-17-13-15-27-47(41)37-51)40-56-60(44-21-7-2-8-22-44)62(46-25-11-4-12-26-46)66(64(54)56)52-34-30-42-18-14-16-28-48(42)38-52;1-5-15-35(16-6-1)49-45-31-39-25-28-44-48-40(26-27-43(47(39)48)53(45)57(41-23-13-29-55-33-41)51(49)37-19-9-3-10-20-37)32-46-50(36-17-7-2-8-18-36)52(38-21-11-4-12-22-38)58(54(44)46)42-24-14-30-56-34-42/h1-40H;1-34H. The van der Waals surface area contributed by atoms with Crippen LogP contribution in [0.3, 0.4) is 0 Å². The molecule has 576 valence electrons. The van der Waals surface area contributed by atoms with E-state index in [1.165, 1.54) is 197 Å². The fourth-order valence-corrected chi connectivity index (χ4v) is 20.7. The largest absolute Gasteiger partial charge is 0.308 e. The van der Waals surface area contributed by atoms with Gasteiger partial charge in [0.2, 0.25) is 0 Å². The molecule has 6 nitrogen and oxygen atoms in total. The summed E-state index contributed by atoms with van der Waals surface area (Å²) in [7, 11) is 0. The zero-order chi connectivity index (χ0) is 81.5. The lowest BCUT2D eigenvalue weighted by Gasteiger charge is -2.18. The van der Waals surface area contributed by atoms with E-state index in [1.54, 1.807) is 0 Å². The van der Waals surface area contributed by atoms with Gasteiger partial charge in [0, 0.05) is 89.1 Å². The van der Waals surface area contributed by atoms with Crippen LogP contribution in [0, 0.1) is 0 Å². The highest BCUT2D eigenvalue weighted by Gasteiger charge is 2.32. The molecule has 6 aromatic heterocycles. The molecule has 0 radical (unpaired) electrons. The van der Waals surface area contributed by atoms with Crippen molar-refractivity contribution in [2.75, 3.05) is 0 Å². The average molecular weight is 1580 g/mol. The molecule has 0 amide bonds. The molecule has 0 aliphatic rings. The van der Waals surface area contributed by atoms with E-state index < -0.39 is 0 Å². The van der Waals surface area contributed by atoms with E-state index >= 15 is 0 Å². The smallest absolute Gasteiger partial charge is 0.0645 e. The maximum atomic E-state index is 4.65. The Kier molecular flexibility index (Phi) is 16.3. The van der Waals surface area contributed by atoms with Gasteiger partial charge in [-0.3, -0.25) is 9.97 Å². The number of hydrogen-bond acceptors (Lipinski definition) is 2. The summed E-state index contributed by atoms with van der Waals surface area (Å²) in [6.45, 7) is 0. The highest BCUT2D eigenvalue weighted by Crippen LogP contribution is 2.55. The summed E-state index contributed by atoms with van der Waals surface area (Å²) in [5.41, 5.74) is 28.1. The number of hydrogen-bond donors (Lipinski definition) is 0. The molecule has 6 heterocycles. The third-order valence-corrected chi connectivity index (χ3v) is 25.7. The van der Waals surface area contributed by atoms with Gasteiger partial charge >= 0.3 is 0 Å². The van der Waals surface area contributed by atoms with Crippen molar-refractivity contribution in [3.8, 4) is 112 Å². The number of aromatic nitrogens is 6. The van der Waals surface area contributed by atoms with Gasteiger partial charge in [-0.15, -0.1) is 0 Å². The predicted molar refractivity (Wildman–Crippen MR) is 522 cm³/mol. The van der Waals surface area contributed by atoms with E-state index in [2.05, 4.69) is 441 Å². The van der Waals surface area contributed by atoms with Gasteiger partial charge in [-0.1, -0.05) is 352 Å². The van der Waals surface area contributed by atoms with Crippen LogP contribution < -0.4 is 0 Å². The molecule has 0 aliphatic carbocycles. The van der Waals surface area contributed by atoms with Crippen LogP contribution in [0.4, 0.5) is 0 Å². The number of pyridine rings is 2. The lowest BCUT2D eigenvalue weighted by molar-refractivity contribution is 1.11. The van der Waals surface area contributed by atoms with Crippen molar-refractivity contribution >= 4 is 130 Å². The predicted octanol–water partition coefficient (Wildman–Crippen LogP) is 31.4. The van der Waals surface area contributed by atoms with Crippen molar-refractivity contribution in [2.45, 2.75) is 0 Å². The van der Waals surface area contributed by atoms with E-state index in [1.807, 2.05) is 36.9 Å². The lowest BCUT2D eigenvalue weighted by Crippen LogP contribution is -1.99. The summed E-state index contributed by atoms with van der Waals surface area (Å²) in [5.74, 6) is 0. The maximum absolute atomic E-state index is 4.65. The van der Waals surface area contributed by atoms with Crippen LogP contribution in [-0.4, -0.2) is 28.2 Å². The Bertz CT molecular complexity index is 8130. The van der Waals surface area contributed by atoms with Crippen LogP contribution in [-0.2, 0) is 0 Å². The van der Waals surface area contributed by atoms with Crippen molar-refractivity contribution in [1.29, 1.82) is 0 Å². The molecule has 0 atom stereocenters. The maximum Gasteiger partial charge on any atom is 0.0645 e. The van der Waals surface area contributed by atoms with Gasteiger partial charge in [0.1, 0.15) is 0 Å². The molecule has 26 rings (SSSR count). The van der Waals surface area contributed by atoms with Gasteiger partial charge in [0.25, 0.3) is 0 Å². The summed E-state index contributed by atoms with van der Waals surface area (Å²) in [6, 6.07) is 156. The van der Waals surface area contributed by atoms with Crippen LogP contribution in [0.5, 0.6) is 0 Å². The summed E-state index contributed by atoms with van der Waals surface area (Å²) in [6.07, 6.45) is 7.67. The highest BCUT2D eigenvalue weighted by atomic mass is 15.0. The molecule has 0 spiro atoms. The van der Waals surface area contributed by atoms with Gasteiger partial charge < -0.3 is 18.3 Å². The first kappa shape index (κ1) is 70.5. The van der Waals surface area contributed by atoms with Crippen LogP contribution in [0.15, 0.2) is 449 Å². The van der Waals surface area contributed by atoms with E-state index in [-0.39, 0.29) is 0 Å². The zero-order valence-corrected chi connectivity index (χ0v) is 67.4. The number of benzene rings is 20. The Morgan fingerprint density at radius 1 is 0.153 bits per heavy atom. The Morgan fingerprint density at radius 3 is 0.629 bits per heavy atom. The molecule has 0 bridgehead atoms. The van der Waals surface area contributed by atoms with E-state index in [9.17, 15) is 0 Å². The van der Waals surface area contributed by atoms with Crippen molar-refractivity contribution in [3.05, 3.63) is 449 Å². The van der Waals surface area contributed by atoms with Crippen LogP contribution >= 0.6 is 0 Å². The van der Waals surface area contributed by atoms with Gasteiger partial charge in [0.15, 0.2) is 0 Å². The minimum absolute atomic E-state index is 1.02. The van der Waals surface area contributed by atoms with Crippen molar-refractivity contribution in [3.63, 3.8) is 0 Å². The molecule has 20 aromatic carbocycles. The second kappa shape index (κ2) is 28.6. The van der Waals surface area contributed by atoms with Gasteiger partial charge in [0.05, 0.1) is 68.6 Å². The lowest BCUT2D eigenvalue weighted by atomic mass is 9.89. The molecule has 0 saturated carbocycles. The van der Waals surface area contributed by atoms with Crippen molar-refractivity contribution in [1.82, 2.24) is 28.2 Å². The third-order valence-electron chi connectivity index (χ3n) is 25.7. The first-order valence-corrected chi connectivity index (χ1v) is 42.6. The number of fused-ring (bicyclic) bond motifs is 10. The molecule has 124 heavy (non-hydrogen) atoms. The van der Waals surface area contributed by atoms with Crippen molar-refractivity contribution in [2.24, 2.45) is 0 Å². The van der Waals surface area contributed by atoms with Gasteiger partial charge in [-0.25, -0.2) is 0 Å². The average Bonchev–Trinajstić information content (AvgIpc) is 1.51. The first-order chi connectivity index (χ1) is 61.6. The molecule has 26 aromatic rings. The third kappa shape index (κ3) is 11.0. The molecule has 0 N–H and O–H groups in total. The Balaban J connectivity index is 0.000000137. The van der Waals surface area contributed by atoms with Crippen LogP contribution in [0.25, 0.3) is 242 Å². The topological polar surface area (TPSA) is 45.5 Å². The first-order valence-electron chi connectivity index (χ1n) is 42.6. The van der Waals surface area contributed by atoms with Gasteiger partial charge in [-0.05, 0) is 182 Å². The minimum Gasteiger partial charge on any atom is -0.308 e. The molecular formula is C118H74N6. The van der Waals surface area contributed by atoms with E-state index in [0.29, 0.717) is 0 Å². The van der Waals surface area contributed by atoms with Crippen LogP contribution in [0.2, 0.25) is 0 Å². The monoisotopic (exact) mass is 1570 g/mol. The molecule has 0 fully saturated rings. The fourth-order valence-electron chi connectivity index (χ4n) is 20.7. The summed E-state index contributed by atoms with van der Waals surface area (Å²) in [5, 5.41) is 24.7. The minimum atomic E-state index is 1.02. The number of rotatable bonds is 12. The molecular weight excluding hydrogens is 1500 g/mol. The zero-order valence-electron chi connectivity index (χ0n) is 67.4. The quantitative estimate of drug-likeness (QED) is 0.114.